The third kappa shape index (κ3) is 2.70. The first-order valence-electron chi connectivity index (χ1n) is 6.22. The zero-order chi connectivity index (χ0) is 14.7. The number of amides is 1. The molecule has 1 unspecified atom stereocenters. The van der Waals surface area contributed by atoms with Gasteiger partial charge in [0.25, 0.3) is 11.6 Å². The number of benzene rings is 1. The van der Waals surface area contributed by atoms with E-state index < -0.39 is 4.92 Å². The van der Waals surface area contributed by atoms with Gasteiger partial charge in [0, 0.05) is 37.7 Å². The number of nitrogens with two attached hydrogens (primary N) is 1. The summed E-state index contributed by atoms with van der Waals surface area (Å²) in [6, 6.07) is 3.90. The number of hydrogen-bond acceptors (Lipinski definition) is 6. The quantitative estimate of drug-likeness (QED) is 0.415. The van der Waals surface area contributed by atoms with Gasteiger partial charge >= 0.3 is 0 Å². The van der Waals surface area contributed by atoms with Crippen LogP contribution in [0.3, 0.4) is 0 Å². The van der Waals surface area contributed by atoms with Gasteiger partial charge in [0.15, 0.2) is 0 Å². The molecule has 4 N–H and O–H groups in total. The fraction of sp³-hybridized carbons (Fsp3) is 0.417. The zero-order valence-corrected chi connectivity index (χ0v) is 10.8. The fourth-order valence-electron chi connectivity index (χ4n) is 2.29. The van der Waals surface area contributed by atoms with E-state index >= 15 is 0 Å². The van der Waals surface area contributed by atoms with Gasteiger partial charge in [-0.05, 0) is 12.5 Å². The van der Waals surface area contributed by atoms with E-state index in [-0.39, 0.29) is 29.7 Å². The Morgan fingerprint density at radius 3 is 2.90 bits per heavy atom. The van der Waals surface area contributed by atoms with Crippen molar-refractivity contribution in [2.24, 2.45) is 11.8 Å². The first-order chi connectivity index (χ1) is 9.56. The van der Waals surface area contributed by atoms with Crippen molar-refractivity contribution in [1.82, 2.24) is 4.90 Å². The van der Waals surface area contributed by atoms with Crippen LogP contribution in [-0.2, 0) is 0 Å². The van der Waals surface area contributed by atoms with Crippen molar-refractivity contribution < 1.29 is 14.8 Å². The van der Waals surface area contributed by atoms with Crippen molar-refractivity contribution >= 4 is 17.3 Å². The monoisotopic (exact) mass is 280 g/mol. The highest BCUT2D eigenvalue weighted by Crippen LogP contribution is 2.25. The normalized spacial score (nSPS) is 18.1. The van der Waals surface area contributed by atoms with Gasteiger partial charge in [0.05, 0.1) is 16.2 Å². The number of hydrogen-bond donors (Lipinski definition) is 3. The molecule has 1 heterocycles. The van der Waals surface area contributed by atoms with Crippen molar-refractivity contribution in [2.75, 3.05) is 25.1 Å². The van der Waals surface area contributed by atoms with Gasteiger partial charge in [-0.25, -0.2) is 0 Å². The molecule has 1 aromatic rings. The summed E-state index contributed by atoms with van der Waals surface area (Å²) in [6.07, 6.45) is 0.725. The molecule has 1 aliphatic heterocycles. The summed E-state index contributed by atoms with van der Waals surface area (Å²) < 4.78 is 0. The van der Waals surface area contributed by atoms with E-state index in [1.54, 1.807) is 4.90 Å². The molecule has 8 heteroatoms. The second kappa shape index (κ2) is 5.85. The number of hydrazine groups is 1. The Morgan fingerprint density at radius 1 is 1.60 bits per heavy atom. The van der Waals surface area contributed by atoms with E-state index in [4.69, 9.17) is 10.9 Å². The number of nitrogen functional groups attached to an aromatic ring is 1. The second-order valence-electron chi connectivity index (χ2n) is 4.72. The van der Waals surface area contributed by atoms with Crippen molar-refractivity contribution in [2.45, 2.75) is 6.42 Å². The number of likely N-dealkylation sites (tertiary alicyclic amines) is 1. The van der Waals surface area contributed by atoms with Gasteiger partial charge in [-0.15, -0.1) is 0 Å². The molecule has 1 amide bonds. The van der Waals surface area contributed by atoms with Crippen LogP contribution in [0.4, 0.5) is 11.4 Å². The van der Waals surface area contributed by atoms with Crippen LogP contribution in [0.25, 0.3) is 0 Å². The number of nitro groups is 1. The molecule has 1 atom stereocenters. The number of nitrogens with one attached hydrogen (secondary N) is 1. The van der Waals surface area contributed by atoms with Crippen LogP contribution in [0.5, 0.6) is 0 Å². The van der Waals surface area contributed by atoms with Gasteiger partial charge in [-0.1, -0.05) is 0 Å². The Hall–Kier alpha value is -2.19. The smallest absolute Gasteiger partial charge is 0.270 e. The average molecular weight is 280 g/mol. The summed E-state index contributed by atoms with van der Waals surface area (Å²) in [5.41, 5.74) is 2.72. The molecule has 0 spiro atoms. The highest BCUT2D eigenvalue weighted by atomic mass is 16.6. The number of aliphatic hydroxyl groups is 1. The molecule has 8 nitrogen and oxygen atoms in total. The molecule has 1 aliphatic rings. The maximum absolute atomic E-state index is 12.4. The maximum atomic E-state index is 12.4. The Balaban J connectivity index is 2.28. The number of carbonyl (C=O) groups excluding carboxylic acids is 1. The lowest BCUT2D eigenvalue weighted by Crippen LogP contribution is -2.30. The minimum atomic E-state index is -0.558. The van der Waals surface area contributed by atoms with Gasteiger partial charge in [0.1, 0.15) is 0 Å². The van der Waals surface area contributed by atoms with Gasteiger partial charge in [0.2, 0.25) is 0 Å². The highest BCUT2D eigenvalue weighted by molar-refractivity contribution is 6.00. The summed E-state index contributed by atoms with van der Waals surface area (Å²) >= 11 is 0. The molecule has 0 saturated carbocycles. The average Bonchev–Trinajstić information content (AvgIpc) is 2.94. The van der Waals surface area contributed by atoms with Crippen molar-refractivity contribution in [3.63, 3.8) is 0 Å². The van der Waals surface area contributed by atoms with Crippen LogP contribution in [0.1, 0.15) is 16.8 Å². The zero-order valence-electron chi connectivity index (χ0n) is 10.8. The lowest BCUT2D eigenvalue weighted by molar-refractivity contribution is -0.384. The van der Waals surface area contributed by atoms with Crippen molar-refractivity contribution in [3.05, 3.63) is 33.9 Å². The molecule has 0 bridgehead atoms. The van der Waals surface area contributed by atoms with Gasteiger partial charge < -0.3 is 15.4 Å². The number of non-ortho nitro benzene ring substituents is 1. The molecule has 1 fully saturated rings. The second-order valence-corrected chi connectivity index (χ2v) is 4.72. The summed E-state index contributed by atoms with van der Waals surface area (Å²) in [4.78, 5) is 24.2. The largest absolute Gasteiger partial charge is 0.396 e. The number of carbonyl (C=O) groups is 1. The standard InChI is InChI=1S/C12H16N4O4/c13-14-11-2-1-9(16(19)20)5-10(11)12(18)15-4-3-8(6-15)7-17/h1-2,5,8,14,17H,3-4,6-7,13H2. The molecule has 0 radical (unpaired) electrons. The minimum Gasteiger partial charge on any atom is -0.396 e. The molecule has 108 valence electrons. The molecular weight excluding hydrogens is 264 g/mol. The van der Waals surface area contributed by atoms with E-state index in [9.17, 15) is 14.9 Å². The summed E-state index contributed by atoms with van der Waals surface area (Å²) in [6.45, 7) is 1.000. The Labute approximate surface area is 115 Å². The lowest BCUT2D eigenvalue weighted by atomic mass is 10.1. The third-order valence-corrected chi connectivity index (χ3v) is 3.43. The minimum absolute atomic E-state index is 0.0285. The SMILES string of the molecule is NNc1ccc([N+](=O)[O-])cc1C(=O)N1CCC(CO)C1. The fourth-order valence-corrected chi connectivity index (χ4v) is 2.29. The molecular formula is C12H16N4O4. The molecule has 2 rings (SSSR count). The molecule has 0 aliphatic carbocycles. The van der Waals surface area contributed by atoms with E-state index in [1.807, 2.05) is 0 Å². The Bertz CT molecular complexity index is 534. The van der Waals surface area contributed by atoms with Crippen LogP contribution in [0.2, 0.25) is 0 Å². The van der Waals surface area contributed by atoms with Crippen LogP contribution in [0.15, 0.2) is 18.2 Å². The van der Waals surface area contributed by atoms with Gasteiger partial charge in [-0.3, -0.25) is 20.8 Å². The summed E-state index contributed by atoms with van der Waals surface area (Å²) in [7, 11) is 0. The number of nitro benzene ring substituents is 1. The molecule has 0 aromatic heterocycles. The first-order valence-corrected chi connectivity index (χ1v) is 6.22. The predicted molar refractivity (Wildman–Crippen MR) is 72.0 cm³/mol. The van der Waals surface area contributed by atoms with E-state index in [1.165, 1.54) is 18.2 Å². The Morgan fingerprint density at radius 2 is 2.35 bits per heavy atom. The van der Waals surface area contributed by atoms with Crippen LogP contribution >= 0.6 is 0 Å². The summed E-state index contributed by atoms with van der Waals surface area (Å²) in [5, 5.41) is 19.9. The maximum Gasteiger partial charge on any atom is 0.270 e. The lowest BCUT2D eigenvalue weighted by Gasteiger charge is -2.18. The van der Waals surface area contributed by atoms with E-state index in [0.29, 0.717) is 18.8 Å². The third-order valence-electron chi connectivity index (χ3n) is 3.43. The van der Waals surface area contributed by atoms with Crippen LogP contribution in [-0.4, -0.2) is 40.5 Å². The predicted octanol–water partition coefficient (Wildman–Crippen LogP) is 0.335. The van der Waals surface area contributed by atoms with Crippen LogP contribution in [0, 0.1) is 16.0 Å². The van der Waals surface area contributed by atoms with Crippen LogP contribution < -0.4 is 11.3 Å². The number of rotatable bonds is 4. The van der Waals surface area contributed by atoms with Gasteiger partial charge in [-0.2, -0.15) is 0 Å². The number of anilines is 1. The number of aliphatic hydroxyl groups excluding tert-OH is 1. The van der Waals surface area contributed by atoms with Crippen molar-refractivity contribution in [1.29, 1.82) is 0 Å². The Kier molecular flexibility index (Phi) is 4.16. The molecule has 20 heavy (non-hydrogen) atoms. The van der Waals surface area contributed by atoms with E-state index in [2.05, 4.69) is 5.43 Å². The molecule has 1 saturated heterocycles. The number of nitrogens with zero attached hydrogens (tertiary/aromatic N) is 2. The van der Waals surface area contributed by atoms with E-state index in [0.717, 1.165) is 6.42 Å². The summed E-state index contributed by atoms with van der Waals surface area (Å²) in [5.74, 6) is 5.08. The first kappa shape index (κ1) is 14.2. The highest BCUT2D eigenvalue weighted by Gasteiger charge is 2.28. The molecule has 1 aromatic carbocycles. The van der Waals surface area contributed by atoms with Crippen molar-refractivity contribution in [3.8, 4) is 0 Å². The topological polar surface area (TPSA) is 122 Å².